The van der Waals surface area contributed by atoms with Crippen LogP contribution in [0.15, 0.2) is 42.6 Å². The van der Waals surface area contributed by atoms with Crippen LogP contribution in [0.4, 0.5) is 5.69 Å². The fourth-order valence-corrected chi connectivity index (χ4v) is 1.58. The number of nitrogen functional groups attached to an aromatic ring is 1. The molecule has 0 saturated carbocycles. The molecule has 2 nitrogen and oxygen atoms in total. The van der Waals surface area contributed by atoms with E-state index in [1.807, 2.05) is 19.1 Å². The smallest absolute Gasteiger partial charge is 0.0503 e. The highest BCUT2D eigenvalue weighted by Crippen LogP contribution is 2.18. The first-order valence-electron chi connectivity index (χ1n) is 4.77. The number of aromatic nitrogens is 1. The Morgan fingerprint density at radius 1 is 1.36 bits per heavy atom. The quantitative estimate of drug-likeness (QED) is 0.567. The van der Waals surface area contributed by atoms with E-state index < -0.39 is 0 Å². The van der Waals surface area contributed by atoms with Crippen molar-refractivity contribution in [3.8, 4) is 0 Å². The third-order valence-corrected chi connectivity index (χ3v) is 2.34. The summed E-state index contributed by atoms with van der Waals surface area (Å²) >= 11 is 0. The molecule has 0 aliphatic heterocycles. The van der Waals surface area contributed by atoms with Crippen molar-refractivity contribution < 1.29 is 0 Å². The highest BCUT2D eigenvalue weighted by atomic mass is 14.9. The van der Waals surface area contributed by atoms with Crippen molar-refractivity contribution in [2.24, 2.45) is 0 Å². The van der Waals surface area contributed by atoms with Crippen LogP contribution in [-0.4, -0.2) is 4.57 Å². The number of hydrogen-bond donors (Lipinski definition) is 1. The fraction of sp³-hybridized carbons (Fsp3) is 0.167. The predicted octanol–water partition coefficient (Wildman–Crippen LogP) is 2.80. The molecule has 2 aromatic rings. The molecule has 1 aromatic heterocycles. The molecule has 1 heterocycles. The fourth-order valence-electron chi connectivity index (χ4n) is 1.58. The lowest BCUT2D eigenvalue weighted by molar-refractivity contribution is 0.862. The Labute approximate surface area is 83.6 Å². The van der Waals surface area contributed by atoms with Crippen molar-refractivity contribution in [2.45, 2.75) is 13.5 Å². The minimum absolute atomic E-state index is 0.818. The first kappa shape index (κ1) is 8.88. The van der Waals surface area contributed by atoms with Crippen LogP contribution in [0.25, 0.3) is 10.9 Å². The molecule has 0 radical (unpaired) electrons. The maximum Gasteiger partial charge on any atom is 0.0503 e. The summed E-state index contributed by atoms with van der Waals surface area (Å²) in [4.78, 5) is 0. The maximum atomic E-state index is 5.75. The predicted molar refractivity (Wildman–Crippen MR) is 61.2 cm³/mol. The number of allylic oxidation sites excluding steroid dienone is 2. The van der Waals surface area contributed by atoms with Crippen LogP contribution in [0.1, 0.15) is 6.92 Å². The number of benzene rings is 1. The summed E-state index contributed by atoms with van der Waals surface area (Å²) in [6, 6.07) is 8.11. The molecule has 2 rings (SSSR count). The Hall–Kier alpha value is -1.70. The minimum atomic E-state index is 0.818. The molecule has 0 aliphatic rings. The lowest BCUT2D eigenvalue weighted by atomic mass is 10.2. The van der Waals surface area contributed by atoms with E-state index in [0.717, 1.165) is 12.2 Å². The first-order chi connectivity index (χ1) is 6.81. The molecule has 0 saturated heterocycles. The summed E-state index contributed by atoms with van der Waals surface area (Å²) in [7, 11) is 0. The molecule has 14 heavy (non-hydrogen) atoms. The molecular formula is C12H14N2. The summed E-state index contributed by atoms with van der Waals surface area (Å²) in [5.74, 6) is 0. The van der Waals surface area contributed by atoms with Gasteiger partial charge in [0.2, 0.25) is 0 Å². The van der Waals surface area contributed by atoms with Gasteiger partial charge in [-0.1, -0.05) is 18.2 Å². The molecule has 0 fully saturated rings. The van der Waals surface area contributed by atoms with Gasteiger partial charge in [-0.15, -0.1) is 0 Å². The van der Waals surface area contributed by atoms with Gasteiger partial charge in [0, 0.05) is 18.4 Å². The van der Waals surface area contributed by atoms with E-state index in [4.69, 9.17) is 5.73 Å². The van der Waals surface area contributed by atoms with Crippen molar-refractivity contribution in [1.29, 1.82) is 0 Å². The van der Waals surface area contributed by atoms with Crippen LogP contribution >= 0.6 is 0 Å². The van der Waals surface area contributed by atoms with Gasteiger partial charge in [-0.2, -0.15) is 0 Å². The SMILES string of the molecule is C/C=C/Cn1ccc2ccc(N)cc21. The Kier molecular flexibility index (Phi) is 2.27. The van der Waals surface area contributed by atoms with Gasteiger partial charge in [0.25, 0.3) is 0 Å². The second-order valence-electron chi connectivity index (χ2n) is 3.36. The largest absolute Gasteiger partial charge is 0.399 e. The minimum Gasteiger partial charge on any atom is -0.399 e. The average molecular weight is 186 g/mol. The van der Waals surface area contributed by atoms with Crippen molar-refractivity contribution in [3.05, 3.63) is 42.6 Å². The van der Waals surface area contributed by atoms with Crippen LogP contribution in [0.5, 0.6) is 0 Å². The standard InChI is InChI=1S/C12H14N2/c1-2-3-7-14-8-6-10-4-5-11(13)9-12(10)14/h2-6,8-9H,7,13H2,1H3/b3-2+. The summed E-state index contributed by atoms with van der Waals surface area (Å²) < 4.78 is 2.19. The Balaban J connectivity index is 2.49. The Bertz CT molecular complexity index is 466. The van der Waals surface area contributed by atoms with Crippen molar-refractivity contribution in [2.75, 3.05) is 5.73 Å². The van der Waals surface area contributed by atoms with Gasteiger partial charge in [-0.3, -0.25) is 0 Å². The van der Waals surface area contributed by atoms with E-state index >= 15 is 0 Å². The van der Waals surface area contributed by atoms with Crippen LogP contribution in [0.3, 0.4) is 0 Å². The van der Waals surface area contributed by atoms with E-state index in [2.05, 4.69) is 35.0 Å². The van der Waals surface area contributed by atoms with Crippen molar-refractivity contribution in [3.63, 3.8) is 0 Å². The van der Waals surface area contributed by atoms with Crippen LogP contribution < -0.4 is 5.73 Å². The topological polar surface area (TPSA) is 30.9 Å². The van der Waals surface area contributed by atoms with Gasteiger partial charge >= 0.3 is 0 Å². The summed E-state index contributed by atoms with van der Waals surface area (Å²) in [6.45, 7) is 2.93. The third kappa shape index (κ3) is 1.51. The zero-order valence-electron chi connectivity index (χ0n) is 8.27. The zero-order valence-corrected chi connectivity index (χ0v) is 8.27. The average Bonchev–Trinajstić information content (AvgIpc) is 2.57. The van der Waals surface area contributed by atoms with E-state index in [0.29, 0.717) is 0 Å². The lowest BCUT2D eigenvalue weighted by Crippen LogP contribution is -1.93. The number of rotatable bonds is 2. The second kappa shape index (κ2) is 3.58. The van der Waals surface area contributed by atoms with Gasteiger partial charge in [-0.05, 0) is 30.5 Å². The lowest BCUT2D eigenvalue weighted by Gasteiger charge is -2.01. The number of anilines is 1. The van der Waals surface area contributed by atoms with E-state index in [1.54, 1.807) is 0 Å². The molecular weight excluding hydrogens is 172 g/mol. The second-order valence-corrected chi connectivity index (χ2v) is 3.36. The zero-order chi connectivity index (χ0) is 9.97. The number of fused-ring (bicyclic) bond motifs is 1. The van der Waals surface area contributed by atoms with E-state index in [9.17, 15) is 0 Å². The summed E-state index contributed by atoms with van der Waals surface area (Å²) in [5.41, 5.74) is 7.76. The Morgan fingerprint density at radius 3 is 3.00 bits per heavy atom. The highest BCUT2D eigenvalue weighted by molar-refractivity contribution is 5.83. The number of hydrogen-bond acceptors (Lipinski definition) is 1. The molecule has 0 atom stereocenters. The first-order valence-corrected chi connectivity index (χ1v) is 4.77. The molecule has 0 bridgehead atoms. The monoisotopic (exact) mass is 186 g/mol. The molecule has 1 aromatic carbocycles. The molecule has 0 spiro atoms. The van der Waals surface area contributed by atoms with Gasteiger partial charge in [0.05, 0.1) is 5.52 Å². The van der Waals surface area contributed by atoms with Gasteiger partial charge in [-0.25, -0.2) is 0 Å². The maximum absolute atomic E-state index is 5.75. The number of nitrogens with two attached hydrogens (primary N) is 1. The molecule has 2 N–H and O–H groups in total. The van der Waals surface area contributed by atoms with E-state index in [1.165, 1.54) is 10.9 Å². The molecule has 72 valence electrons. The molecule has 0 aliphatic carbocycles. The van der Waals surface area contributed by atoms with Gasteiger partial charge in [0.1, 0.15) is 0 Å². The van der Waals surface area contributed by atoms with E-state index in [-0.39, 0.29) is 0 Å². The van der Waals surface area contributed by atoms with Crippen LogP contribution in [-0.2, 0) is 6.54 Å². The van der Waals surface area contributed by atoms with Crippen molar-refractivity contribution >= 4 is 16.6 Å². The highest BCUT2D eigenvalue weighted by Gasteiger charge is 1.98. The van der Waals surface area contributed by atoms with Crippen LogP contribution in [0, 0.1) is 0 Å². The molecule has 2 heteroatoms. The molecule has 0 unspecified atom stereocenters. The van der Waals surface area contributed by atoms with Gasteiger partial charge in [0.15, 0.2) is 0 Å². The summed E-state index contributed by atoms with van der Waals surface area (Å²) in [6.07, 6.45) is 6.27. The number of nitrogens with zero attached hydrogens (tertiary/aromatic N) is 1. The molecule has 0 amide bonds. The van der Waals surface area contributed by atoms with Gasteiger partial charge < -0.3 is 10.3 Å². The Morgan fingerprint density at radius 2 is 2.21 bits per heavy atom. The summed E-state index contributed by atoms with van der Waals surface area (Å²) in [5, 5.41) is 1.24. The van der Waals surface area contributed by atoms with Crippen molar-refractivity contribution in [1.82, 2.24) is 4.57 Å². The third-order valence-electron chi connectivity index (χ3n) is 2.34. The normalized spacial score (nSPS) is 11.5. The van der Waals surface area contributed by atoms with Crippen LogP contribution in [0.2, 0.25) is 0 Å².